The third-order valence-corrected chi connectivity index (χ3v) is 4.12. The molecule has 0 bridgehead atoms. The van der Waals surface area contributed by atoms with Gasteiger partial charge in [-0.25, -0.2) is 9.59 Å². The molecular formula is C23H32O6. The summed E-state index contributed by atoms with van der Waals surface area (Å²) in [5, 5.41) is 35.4. The van der Waals surface area contributed by atoms with Crippen molar-refractivity contribution < 1.29 is 30.0 Å². The van der Waals surface area contributed by atoms with Gasteiger partial charge in [0.2, 0.25) is 0 Å². The lowest BCUT2D eigenvalue weighted by atomic mass is 9.92. The minimum Gasteiger partial charge on any atom is -0.478 e. The van der Waals surface area contributed by atoms with Crippen LogP contribution in [0, 0.1) is 11.8 Å². The quantitative estimate of drug-likeness (QED) is 0.574. The Morgan fingerprint density at radius 1 is 0.724 bits per heavy atom. The number of hydrogen-bond acceptors (Lipinski definition) is 4. The molecular weight excluding hydrogens is 372 g/mol. The highest BCUT2D eigenvalue weighted by Crippen LogP contribution is 2.15. The predicted molar refractivity (Wildman–Crippen MR) is 113 cm³/mol. The van der Waals surface area contributed by atoms with Crippen LogP contribution in [0.4, 0.5) is 0 Å². The Bertz CT molecular complexity index is 648. The average Bonchev–Trinajstić information content (AvgIpc) is 2.69. The van der Waals surface area contributed by atoms with E-state index in [-0.39, 0.29) is 12.0 Å². The van der Waals surface area contributed by atoms with Crippen LogP contribution >= 0.6 is 0 Å². The van der Waals surface area contributed by atoms with Crippen LogP contribution in [0.2, 0.25) is 0 Å². The van der Waals surface area contributed by atoms with Crippen molar-refractivity contribution in [2.24, 2.45) is 11.8 Å². The summed E-state index contributed by atoms with van der Waals surface area (Å²) in [5.74, 6) is -1.28. The first-order valence-electron chi connectivity index (χ1n) is 9.49. The molecule has 0 saturated carbocycles. The number of benzene rings is 2. The smallest absolute Gasteiger partial charge is 0.335 e. The molecule has 0 aliphatic rings. The number of carbonyl (C=O) groups is 2. The fraction of sp³-hybridized carbons (Fsp3) is 0.391. The van der Waals surface area contributed by atoms with Crippen molar-refractivity contribution in [2.45, 2.75) is 46.3 Å². The van der Waals surface area contributed by atoms with Gasteiger partial charge in [0.25, 0.3) is 0 Å². The maximum absolute atomic E-state index is 10.2. The van der Waals surface area contributed by atoms with Gasteiger partial charge >= 0.3 is 11.9 Å². The van der Waals surface area contributed by atoms with E-state index >= 15 is 0 Å². The molecule has 0 spiro atoms. The second-order valence-electron chi connectivity index (χ2n) is 7.14. The van der Waals surface area contributed by atoms with Gasteiger partial charge in [0.05, 0.1) is 23.3 Å². The average molecular weight is 405 g/mol. The number of carboxylic acid groups (broad SMARTS) is 2. The van der Waals surface area contributed by atoms with Gasteiger partial charge in [0.15, 0.2) is 0 Å². The summed E-state index contributed by atoms with van der Waals surface area (Å²) < 4.78 is 0. The summed E-state index contributed by atoms with van der Waals surface area (Å²) in [6.07, 6.45) is -0.00903. The third kappa shape index (κ3) is 12.4. The summed E-state index contributed by atoms with van der Waals surface area (Å²) in [6, 6.07) is 16.6. The van der Waals surface area contributed by atoms with Gasteiger partial charge in [-0.3, -0.25) is 0 Å². The maximum Gasteiger partial charge on any atom is 0.335 e. The molecule has 6 nitrogen and oxygen atoms in total. The van der Waals surface area contributed by atoms with Gasteiger partial charge in [0, 0.05) is 5.92 Å². The highest BCUT2D eigenvalue weighted by molar-refractivity contribution is 5.87. The van der Waals surface area contributed by atoms with E-state index in [1.807, 2.05) is 6.92 Å². The third-order valence-electron chi connectivity index (χ3n) is 4.12. The molecule has 3 unspecified atom stereocenters. The SMILES string of the molecule is CC(C)CC(O)C(C)C(C)O.O=C(O)c1ccccc1.O=C(O)c1ccccc1. The van der Waals surface area contributed by atoms with E-state index in [9.17, 15) is 14.7 Å². The van der Waals surface area contributed by atoms with Gasteiger partial charge in [-0.2, -0.15) is 0 Å². The summed E-state index contributed by atoms with van der Waals surface area (Å²) in [7, 11) is 0. The molecule has 0 amide bonds. The minimum absolute atomic E-state index is 0.0163. The fourth-order valence-corrected chi connectivity index (χ4v) is 2.18. The molecule has 0 fully saturated rings. The fourth-order valence-electron chi connectivity index (χ4n) is 2.18. The van der Waals surface area contributed by atoms with E-state index in [2.05, 4.69) is 13.8 Å². The van der Waals surface area contributed by atoms with Crippen molar-refractivity contribution in [1.82, 2.24) is 0 Å². The second-order valence-corrected chi connectivity index (χ2v) is 7.14. The Morgan fingerprint density at radius 3 is 1.28 bits per heavy atom. The molecule has 2 aromatic carbocycles. The topological polar surface area (TPSA) is 115 Å². The maximum atomic E-state index is 10.2. The Labute approximate surface area is 172 Å². The molecule has 2 rings (SSSR count). The zero-order chi connectivity index (χ0) is 22.4. The lowest BCUT2D eigenvalue weighted by Gasteiger charge is -2.22. The van der Waals surface area contributed by atoms with Gasteiger partial charge in [-0.1, -0.05) is 57.2 Å². The first kappa shape index (κ1) is 26.3. The van der Waals surface area contributed by atoms with Crippen LogP contribution in [0.25, 0.3) is 0 Å². The van der Waals surface area contributed by atoms with E-state index in [1.165, 1.54) is 0 Å². The number of rotatable bonds is 6. The first-order valence-corrected chi connectivity index (χ1v) is 9.49. The summed E-state index contributed by atoms with van der Waals surface area (Å²) in [5.41, 5.74) is 0.662. The molecule has 29 heavy (non-hydrogen) atoms. The van der Waals surface area contributed by atoms with E-state index in [0.717, 1.165) is 6.42 Å². The summed E-state index contributed by atoms with van der Waals surface area (Å²) in [6.45, 7) is 7.72. The Morgan fingerprint density at radius 2 is 1.07 bits per heavy atom. The molecule has 6 heteroatoms. The van der Waals surface area contributed by atoms with Crippen LogP contribution in [0.5, 0.6) is 0 Å². The molecule has 160 valence electrons. The van der Waals surface area contributed by atoms with Gasteiger partial charge in [-0.15, -0.1) is 0 Å². The number of hydrogen-bond donors (Lipinski definition) is 4. The zero-order valence-corrected chi connectivity index (χ0v) is 17.4. The summed E-state index contributed by atoms with van der Waals surface area (Å²) >= 11 is 0. The van der Waals surface area contributed by atoms with Crippen molar-refractivity contribution in [2.75, 3.05) is 0 Å². The largest absolute Gasteiger partial charge is 0.478 e. The standard InChI is InChI=1S/C9H20O2.2C7H6O2/c1-6(2)5-9(11)7(3)8(4)10;2*8-7(9)6-4-2-1-3-5-6/h6-11H,5H2,1-4H3;2*1-5H,(H,8,9). The lowest BCUT2D eigenvalue weighted by molar-refractivity contribution is 0.0206. The van der Waals surface area contributed by atoms with Crippen LogP contribution in [0.1, 0.15) is 54.8 Å². The Balaban J connectivity index is 0.000000408. The molecule has 4 N–H and O–H groups in total. The Hall–Kier alpha value is -2.70. The van der Waals surface area contributed by atoms with Crippen molar-refractivity contribution in [3.8, 4) is 0 Å². The molecule has 0 radical (unpaired) electrons. The lowest BCUT2D eigenvalue weighted by Crippen LogP contribution is -2.28. The Kier molecular flexibility index (Phi) is 13.0. The van der Waals surface area contributed by atoms with E-state index < -0.39 is 18.0 Å². The van der Waals surface area contributed by atoms with Crippen molar-refractivity contribution in [3.63, 3.8) is 0 Å². The van der Waals surface area contributed by atoms with Crippen molar-refractivity contribution in [3.05, 3.63) is 71.8 Å². The van der Waals surface area contributed by atoms with Crippen LogP contribution in [0.15, 0.2) is 60.7 Å². The van der Waals surface area contributed by atoms with E-state index in [1.54, 1.807) is 67.6 Å². The van der Waals surface area contributed by atoms with Crippen LogP contribution in [0.3, 0.4) is 0 Å². The predicted octanol–water partition coefficient (Wildman–Crippen LogP) is 4.18. The minimum atomic E-state index is -0.879. The van der Waals surface area contributed by atoms with Gasteiger partial charge < -0.3 is 20.4 Å². The molecule has 0 aliphatic carbocycles. The van der Waals surface area contributed by atoms with Crippen LogP contribution in [-0.2, 0) is 0 Å². The molecule has 3 atom stereocenters. The monoisotopic (exact) mass is 404 g/mol. The number of aliphatic hydroxyl groups is 2. The van der Waals surface area contributed by atoms with Crippen molar-refractivity contribution in [1.29, 1.82) is 0 Å². The highest BCUT2D eigenvalue weighted by Gasteiger charge is 2.19. The number of aromatic carboxylic acids is 2. The molecule has 0 aliphatic heterocycles. The zero-order valence-electron chi connectivity index (χ0n) is 17.4. The van der Waals surface area contributed by atoms with Crippen LogP contribution in [-0.4, -0.2) is 44.6 Å². The molecule has 0 heterocycles. The van der Waals surface area contributed by atoms with Gasteiger partial charge in [-0.05, 0) is 43.5 Å². The van der Waals surface area contributed by atoms with Gasteiger partial charge in [0.1, 0.15) is 0 Å². The van der Waals surface area contributed by atoms with Crippen molar-refractivity contribution >= 4 is 11.9 Å². The second kappa shape index (κ2) is 14.3. The highest BCUT2D eigenvalue weighted by atomic mass is 16.4. The van der Waals surface area contributed by atoms with E-state index in [4.69, 9.17) is 15.3 Å². The molecule has 0 aromatic heterocycles. The van der Waals surface area contributed by atoms with Crippen LogP contribution < -0.4 is 0 Å². The van der Waals surface area contributed by atoms with E-state index in [0.29, 0.717) is 17.0 Å². The molecule has 2 aromatic rings. The number of carboxylic acids is 2. The first-order chi connectivity index (χ1) is 13.6. The summed E-state index contributed by atoms with van der Waals surface area (Å²) in [4.78, 5) is 20.4. The number of aliphatic hydroxyl groups excluding tert-OH is 2. The normalized spacial score (nSPS) is 13.1. The molecule has 0 saturated heterocycles.